The fourth-order valence-corrected chi connectivity index (χ4v) is 4.01. The van der Waals surface area contributed by atoms with E-state index in [0.29, 0.717) is 21.3 Å². The summed E-state index contributed by atoms with van der Waals surface area (Å²) in [5.74, 6) is -0.314. The van der Waals surface area contributed by atoms with E-state index in [-0.39, 0.29) is 5.91 Å². The van der Waals surface area contributed by atoms with Gasteiger partial charge in [0.15, 0.2) is 0 Å². The summed E-state index contributed by atoms with van der Waals surface area (Å²) in [6, 6.07) is 20.3. The molecule has 1 N–H and O–H groups in total. The van der Waals surface area contributed by atoms with Gasteiger partial charge in [-0.05, 0) is 42.5 Å². The van der Waals surface area contributed by atoms with Crippen LogP contribution in [0.25, 0.3) is 20.8 Å². The third-order valence-electron chi connectivity index (χ3n) is 3.87. The number of carbonyl (C=O) groups excluding carboxylic acids is 1. The highest BCUT2D eigenvalue weighted by Crippen LogP contribution is 2.34. The number of fused-ring (bicyclic) bond motifs is 1. The molecule has 0 atom stereocenters. The van der Waals surface area contributed by atoms with E-state index in [4.69, 9.17) is 23.2 Å². The summed E-state index contributed by atoms with van der Waals surface area (Å²) in [6.45, 7) is 0. The molecular formula is C20H12Cl2N2OS. The van der Waals surface area contributed by atoms with Crippen LogP contribution >= 0.6 is 34.5 Å². The second-order valence-electron chi connectivity index (χ2n) is 5.61. The lowest BCUT2D eigenvalue weighted by atomic mass is 10.1. The summed E-state index contributed by atoms with van der Waals surface area (Å²) in [4.78, 5) is 17.3. The van der Waals surface area contributed by atoms with Crippen LogP contribution in [0.5, 0.6) is 0 Å². The smallest absolute Gasteiger partial charge is 0.257 e. The molecule has 3 aromatic carbocycles. The van der Waals surface area contributed by atoms with Gasteiger partial charge in [0.05, 0.1) is 26.5 Å². The molecule has 0 aliphatic heterocycles. The molecule has 0 unspecified atom stereocenters. The number of aromatic nitrogens is 1. The minimum absolute atomic E-state index is 0.314. The Morgan fingerprint density at radius 3 is 2.58 bits per heavy atom. The Morgan fingerprint density at radius 1 is 0.962 bits per heavy atom. The highest BCUT2D eigenvalue weighted by molar-refractivity contribution is 7.21. The largest absolute Gasteiger partial charge is 0.321 e. The summed E-state index contributed by atoms with van der Waals surface area (Å²) in [6.07, 6.45) is 0. The second kappa shape index (κ2) is 7.08. The van der Waals surface area contributed by atoms with Crippen LogP contribution in [-0.4, -0.2) is 10.9 Å². The lowest BCUT2D eigenvalue weighted by molar-refractivity contribution is 0.102. The zero-order valence-corrected chi connectivity index (χ0v) is 15.7. The Balaban J connectivity index is 1.72. The van der Waals surface area contributed by atoms with Crippen molar-refractivity contribution >= 4 is 56.3 Å². The average Bonchev–Trinajstić information content (AvgIpc) is 3.08. The topological polar surface area (TPSA) is 42.0 Å². The van der Waals surface area contributed by atoms with Crippen LogP contribution in [-0.2, 0) is 0 Å². The molecule has 0 radical (unpaired) electrons. The summed E-state index contributed by atoms with van der Waals surface area (Å²) in [5, 5.41) is 4.58. The minimum atomic E-state index is -0.314. The molecule has 1 amide bonds. The fourth-order valence-electron chi connectivity index (χ4n) is 2.63. The van der Waals surface area contributed by atoms with Crippen LogP contribution in [0.2, 0.25) is 10.0 Å². The molecule has 1 heterocycles. The van der Waals surface area contributed by atoms with Crippen molar-refractivity contribution in [1.29, 1.82) is 0 Å². The maximum Gasteiger partial charge on any atom is 0.257 e. The summed E-state index contributed by atoms with van der Waals surface area (Å²) in [7, 11) is 0. The molecular weight excluding hydrogens is 387 g/mol. The van der Waals surface area contributed by atoms with E-state index in [1.54, 1.807) is 29.5 Å². The Hall–Kier alpha value is -2.40. The van der Waals surface area contributed by atoms with Gasteiger partial charge < -0.3 is 5.32 Å². The molecule has 1 aromatic heterocycles. The van der Waals surface area contributed by atoms with Crippen molar-refractivity contribution < 1.29 is 4.79 Å². The minimum Gasteiger partial charge on any atom is -0.321 e. The molecule has 0 saturated carbocycles. The lowest BCUT2D eigenvalue weighted by Gasteiger charge is -2.10. The fraction of sp³-hybridized carbons (Fsp3) is 0. The van der Waals surface area contributed by atoms with Gasteiger partial charge >= 0.3 is 0 Å². The van der Waals surface area contributed by atoms with Crippen molar-refractivity contribution in [1.82, 2.24) is 4.98 Å². The van der Waals surface area contributed by atoms with E-state index in [2.05, 4.69) is 10.3 Å². The van der Waals surface area contributed by atoms with Crippen molar-refractivity contribution in [2.24, 2.45) is 0 Å². The molecule has 4 rings (SSSR count). The van der Waals surface area contributed by atoms with Gasteiger partial charge in [-0.15, -0.1) is 11.3 Å². The molecule has 0 bridgehead atoms. The van der Waals surface area contributed by atoms with E-state index in [9.17, 15) is 4.79 Å². The van der Waals surface area contributed by atoms with Gasteiger partial charge in [0.25, 0.3) is 5.91 Å². The second-order valence-corrected chi connectivity index (χ2v) is 7.48. The summed E-state index contributed by atoms with van der Waals surface area (Å²) >= 11 is 13.7. The zero-order valence-electron chi connectivity index (χ0n) is 13.4. The van der Waals surface area contributed by atoms with Gasteiger partial charge in [-0.3, -0.25) is 4.79 Å². The van der Waals surface area contributed by atoms with Crippen LogP contribution in [0.15, 0.2) is 66.7 Å². The Bertz CT molecular complexity index is 1090. The predicted octanol–water partition coefficient (Wildman–Crippen LogP) is 6.52. The van der Waals surface area contributed by atoms with Crippen LogP contribution in [0, 0.1) is 0 Å². The van der Waals surface area contributed by atoms with Crippen molar-refractivity contribution in [2.75, 3.05) is 5.32 Å². The maximum absolute atomic E-state index is 12.7. The maximum atomic E-state index is 12.7. The SMILES string of the molecule is O=C(Nc1ccccc1-c1nc2ccccc2s1)c1cc(Cl)ccc1Cl. The first-order valence-corrected chi connectivity index (χ1v) is 9.40. The molecule has 4 aromatic rings. The molecule has 0 aliphatic carbocycles. The number of thiazole rings is 1. The molecule has 0 saturated heterocycles. The number of amides is 1. The Labute approximate surface area is 164 Å². The number of rotatable bonds is 3. The number of benzene rings is 3. The quantitative estimate of drug-likeness (QED) is 0.426. The number of hydrogen-bond donors (Lipinski definition) is 1. The molecule has 26 heavy (non-hydrogen) atoms. The van der Waals surface area contributed by atoms with Gasteiger partial charge in [0.2, 0.25) is 0 Å². The van der Waals surface area contributed by atoms with E-state index < -0.39 is 0 Å². The molecule has 128 valence electrons. The van der Waals surface area contributed by atoms with E-state index in [1.165, 1.54) is 0 Å². The third-order valence-corrected chi connectivity index (χ3v) is 5.51. The number of carbonyl (C=O) groups is 1. The normalized spacial score (nSPS) is 10.8. The average molecular weight is 399 g/mol. The first-order chi connectivity index (χ1) is 12.6. The summed E-state index contributed by atoms with van der Waals surface area (Å²) < 4.78 is 1.10. The number of nitrogens with zero attached hydrogens (tertiary/aromatic N) is 1. The monoisotopic (exact) mass is 398 g/mol. The van der Waals surface area contributed by atoms with Crippen LogP contribution in [0.1, 0.15) is 10.4 Å². The lowest BCUT2D eigenvalue weighted by Crippen LogP contribution is -2.13. The van der Waals surface area contributed by atoms with Crippen molar-refractivity contribution in [3.63, 3.8) is 0 Å². The van der Waals surface area contributed by atoms with Gasteiger partial charge in [0, 0.05) is 10.6 Å². The molecule has 3 nitrogen and oxygen atoms in total. The van der Waals surface area contributed by atoms with Gasteiger partial charge in [-0.1, -0.05) is 47.5 Å². The Kier molecular flexibility index (Phi) is 4.64. The van der Waals surface area contributed by atoms with E-state index in [1.807, 2.05) is 48.5 Å². The number of anilines is 1. The highest BCUT2D eigenvalue weighted by atomic mass is 35.5. The van der Waals surface area contributed by atoms with Crippen LogP contribution < -0.4 is 5.32 Å². The molecule has 0 fully saturated rings. The molecule has 6 heteroatoms. The van der Waals surface area contributed by atoms with Crippen LogP contribution in [0.4, 0.5) is 5.69 Å². The van der Waals surface area contributed by atoms with E-state index in [0.717, 1.165) is 20.8 Å². The predicted molar refractivity (Wildman–Crippen MR) is 109 cm³/mol. The summed E-state index contributed by atoms with van der Waals surface area (Å²) in [5.41, 5.74) is 2.80. The standard InChI is InChI=1S/C20H12Cl2N2OS/c21-12-9-10-15(22)14(11-12)19(25)23-16-6-2-1-5-13(16)20-24-17-7-3-4-8-18(17)26-20/h1-11H,(H,23,25). The highest BCUT2D eigenvalue weighted by Gasteiger charge is 2.15. The zero-order chi connectivity index (χ0) is 18.1. The van der Waals surface area contributed by atoms with Crippen LogP contribution in [0.3, 0.4) is 0 Å². The van der Waals surface area contributed by atoms with Gasteiger partial charge in [-0.25, -0.2) is 4.98 Å². The van der Waals surface area contributed by atoms with Crippen molar-refractivity contribution in [3.05, 3.63) is 82.3 Å². The van der Waals surface area contributed by atoms with Gasteiger partial charge in [-0.2, -0.15) is 0 Å². The number of halogens is 2. The Morgan fingerprint density at radius 2 is 1.73 bits per heavy atom. The molecule has 0 aliphatic rings. The van der Waals surface area contributed by atoms with Crippen molar-refractivity contribution in [3.8, 4) is 10.6 Å². The van der Waals surface area contributed by atoms with Crippen molar-refractivity contribution in [2.45, 2.75) is 0 Å². The first kappa shape index (κ1) is 17.0. The number of hydrogen-bond acceptors (Lipinski definition) is 3. The number of para-hydroxylation sites is 2. The number of nitrogens with one attached hydrogen (secondary N) is 1. The molecule has 0 spiro atoms. The third kappa shape index (κ3) is 3.31. The van der Waals surface area contributed by atoms with E-state index >= 15 is 0 Å². The van der Waals surface area contributed by atoms with Gasteiger partial charge in [0.1, 0.15) is 5.01 Å². The first-order valence-electron chi connectivity index (χ1n) is 7.83.